The molecule has 6 N–H and O–H groups in total. The number of halogens is 3. The van der Waals surface area contributed by atoms with Gasteiger partial charge in [-0.1, -0.05) is 42.5 Å². The van der Waals surface area contributed by atoms with Crippen molar-refractivity contribution in [3.63, 3.8) is 0 Å². The SMILES string of the molecule is Nc1ccccc1NCc1ccc(F)c(F)c1.Nc1ccccc1NCc1ccc(F)cc1. The molecular formula is C26H25F3N4. The molecule has 0 aliphatic rings. The predicted molar refractivity (Wildman–Crippen MR) is 129 cm³/mol. The second-order valence-corrected chi connectivity index (χ2v) is 7.26. The Labute approximate surface area is 191 Å². The molecule has 0 aliphatic carbocycles. The number of nitrogens with two attached hydrogens (primary N) is 2. The quantitative estimate of drug-likeness (QED) is 0.265. The van der Waals surface area contributed by atoms with E-state index in [4.69, 9.17) is 11.5 Å². The maximum Gasteiger partial charge on any atom is 0.159 e. The van der Waals surface area contributed by atoms with E-state index in [2.05, 4.69) is 10.6 Å². The number of hydrogen-bond donors (Lipinski definition) is 4. The van der Waals surface area contributed by atoms with Crippen LogP contribution in [-0.2, 0) is 13.1 Å². The number of nitrogen functional groups attached to an aromatic ring is 2. The van der Waals surface area contributed by atoms with Crippen LogP contribution in [0.25, 0.3) is 0 Å². The van der Waals surface area contributed by atoms with Gasteiger partial charge in [-0.2, -0.15) is 0 Å². The van der Waals surface area contributed by atoms with Crippen LogP contribution in [-0.4, -0.2) is 0 Å². The molecule has 0 radical (unpaired) electrons. The number of benzene rings is 4. The molecular weight excluding hydrogens is 425 g/mol. The van der Waals surface area contributed by atoms with Crippen LogP contribution >= 0.6 is 0 Å². The maximum absolute atomic E-state index is 13.0. The van der Waals surface area contributed by atoms with Crippen molar-refractivity contribution in [1.82, 2.24) is 0 Å². The molecule has 7 heteroatoms. The van der Waals surface area contributed by atoms with E-state index in [9.17, 15) is 13.2 Å². The van der Waals surface area contributed by atoms with Crippen molar-refractivity contribution in [3.05, 3.63) is 120 Å². The maximum atomic E-state index is 13.0. The Morgan fingerprint density at radius 1 is 0.545 bits per heavy atom. The highest BCUT2D eigenvalue weighted by Crippen LogP contribution is 2.19. The van der Waals surface area contributed by atoms with E-state index in [1.54, 1.807) is 18.2 Å². The fraction of sp³-hybridized carbons (Fsp3) is 0.0769. The lowest BCUT2D eigenvalue weighted by Crippen LogP contribution is -2.02. The second-order valence-electron chi connectivity index (χ2n) is 7.26. The molecule has 4 aromatic carbocycles. The van der Waals surface area contributed by atoms with Gasteiger partial charge in [0.25, 0.3) is 0 Å². The molecule has 0 saturated heterocycles. The van der Waals surface area contributed by atoms with E-state index >= 15 is 0 Å². The van der Waals surface area contributed by atoms with Gasteiger partial charge in [0.2, 0.25) is 0 Å². The van der Waals surface area contributed by atoms with Gasteiger partial charge in [-0.05, 0) is 59.7 Å². The van der Waals surface area contributed by atoms with Crippen molar-refractivity contribution in [2.75, 3.05) is 22.1 Å². The van der Waals surface area contributed by atoms with E-state index in [1.165, 1.54) is 24.3 Å². The standard InChI is InChI=1S/C13H12F2N2.C13H13FN2/c14-10-6-5-9(7-11(10)15)8-17-13-4-2-1-3-12(13)16;14-11-7-5-10(6-8-11)9-16-13-4-2-1-3-12(13)15/h1-7,17H,8,16H2;1-8,16H,9,15H2. The minimum absolute atomic E-state index is 0.219. The minimum atomic E-state index is -0.842. The van der Waals surface area contributed by atoms with Crippen LogP contribution in [0.2, 0.25) is 0 Å². The number of nitrogens with one attached hydrogen (secondary N) is 2. The van der Waals surface area contributed by atoms with Crippen molar-refractivity contribution in [2.45, 2.75) is 13.1 Å². The van der Waals surface area contributed by atoms with E-state index in [-0.39, 0.29) is 5.82 Å². The van der Waals surface area contributed by atoms with Crippen LogP contribution in [0.3, 0.4) is 0 Å². The van der Waals surface area contributed by atoms with Crippen LogP contribution in [0.1, 0.15) is 11.1 Å². The molecule has 0 fully saturated rings. The van der Waals surface area contributed by atoms with E-state index < -0.39 is 11.6 Å². The lowest BCUT2D eigenvalue weighted by atomic mass is 10.2. The Morgan fingerprint density at radius 2 is 1.03 bits per heavy atom. The summed E-state index contributed by atoms with van der Waals surface area (Å²) in [6, 6.07) is 25.1. The van der Waals surface area contributed by atoms with Gasteiger partial charge in [0.15, 0.2) is 11.6 Å². The zero-order chi connectivity index (χ0) is 23.6. The summed E-state index contributed by atoms with van der Waals surface area (Å²) in [5, 5.41) is 6.26. The van der Waals surface area contributed by atoms with E-state index in [0.29, 0.717) is 30.0 Å². The molecule has 0 saturated carbocycles. The average Bonchev–Trinajstić information content (AvgIpc) is 2.82. The zero-order valence-electron chi connectivity index (χ0n) is 17.9. The molecule has 0 aliphatic heterocycles. The third-order valence-corrected chi connectivity index (χ3v) is 4.78. The fourth-order valence-corrected chi connectivity index (χ4v) is 2.96. The molecule has 4 nitrogen and oxygen atoms in total. The molecule has 4 rings (SSSR count). The van der Waals surface area contributed by atoms with Crippen LogP contribution in [0.4, 0.5) is 35.9 Å². The first-order chi connectivity index (χ1) is 15.9. The molecule has 170 valence electrons. The van der Waals surface area contributed by atoms with Gasteiger partial charge in [-0.25, -0.2) is 13.2 Å². The molecule has 0 amide bonds. The molecule has 0 spiro atoms. The van der Waals surface area contributed by atoms with Gasteiger partial charge in [-0.3, -0.25) is 0 Å². The smallest absolute Gasteiger partial charge is 0.159 e. The summed E-state index contributed by atoms with van der Waals surface area (Å²) in [6.07, 6.45) is 0. The fourth-order valence-electron chi connectivity index (χ4n) is 2.96. The Balaban J connectivity index is 0.000000186. The molecule has 0 heterocycles. The van der Waals surface area contributed by atoms with Crippen LogP contribution in [0, 0.1) is 17.5 Å². The molecule has 0 atom stereocenters. The number of hydrogen-bond acceptors (Lipinski definition) is 4. The highest BCUT2D eigenvalue weighted by atomic mass is 19.2. The lowest BCUT2D eigenvalue weighted by molar-refractivity contribution is 0.507. The normalized spacial score (nSPS) is 10.2. The number of rotatable bonds is 6. The molecule has 0 unspecified atom stereocenters. The van der Waals surface area contributed by atoms with Crippen LogP contribution in [0.15, 0.2) is 91.0 Å². The Hall–Kier alpha value is -4.13. The van der Waals surface area contributed by atoms with Crippen molar-refractivity contribution in [1.29, 1.82) is 0 Å². The third-order valence-electron chi connectivity index (χ3n) is 4.78. The number of para-hydroxylation sites is 4. The van der Waals surface area contributed by atoms with E-state index in [0.717, 1.165) is 23.0 Å². The van der Waals surface area contributed by atoms with Gasteiger partial charge in [0.1, 0.15) is 5.82 Å². The summed E-state index contributed by atoms with van der Waals surface area (Å²) in [7, 11) is 0. The topological polar surface area (TPSA) is 76.1 Å². The van der Waals surface area contributed by atoms with E-state index in [1.807, 2.05) is 42.5 Å². The Kier molecular flexibility index (Phi) is 8.18. The van der Waals surface area contributed by atoms with Gasteiger partial charge < -0.3 is 22.1 Å². The van der Waals surface area contributed by atoms with Gasteiger partial charge in [0, 0.05) is 13.1 Å². The van der Waals surface area contributed by atoms with Crippen molar-refractivity contribution in [2.24, 2.45) is 0 Å². The van der Waals surface area contributed by atoms with Crippen LogP contribution in [0.5, 0.6) is 0 Å². The first-order valence-electron chi connectivity index (χ1n) is 10.3. The Bertz CT molecular complexity index is 1180. The van der Waals surface area contributed by atoms with Gasteiger partial charge in [0.05, 0.1) is 22.7 Å². The second kappa shape index (κ2) is 11.5. The highest BCUT2D eigenvalue weighted by Gasteiger charge is 2.03. The molecule has 0 aromatic heterocycles. The van der Waals surface area contributed by atoms with Crippen molar-refractivity contribution < 1.29 is 13.2 Å². The highest BCUT2D eigenvalue weighted by molar-refractivity contribution is 5.66. The average molecular weight is 451 g/mol. The number of anilines is 4. The summed E-state index contributed by atoms with van der Waals surface area (Å²) >= 11 is 0. The molecule has 0 bridgehead atoms. The minimum Gasteiger partial charge on any atom is -0.397 e. The molecule has 33 heavy (non-hydrogen) atoms. The first kappa shape index (κ1) is 23.5. The molecule has 4 aromatic rings. The van der Waals surface area contributed by atoms with Crippen molar-refractivity contribution in [3.8, 4) is 0 Å². The zero-order valence-corrected chi connectivity index (χ0v) is 17.9. The third kappa shape index (κ3) is 7.21. The first-order valence-corrected chi connectivity index (χ1v) is 10.3. The Morgan fingerprint density at radius 3 is 1.55 bits per heavy atom. The lowest BCUT2D eigenvalue weighted by Gasteiger charge is -2.09. The summed E-state index contributed by atoms with van der Waals surface area (Å²) < 4.78 is 38.3. The van der Waals surface area contributed by atoms with Crippen molar-refractivity contribution >= 4 is 22.7 Å². The largest absolute Gasteiger partial charge is 0.397 e. The summed E-state index contributed by atoms with van der Waals surface area (Å²) in [5.74, 6) is -1.90. The van der Waals surface area contributed by atoms with Crippen LogP contribution < -0.4 is 22.1 Å². The monoisotopic (exact) mass is 450 g/mol. The van der Waals surface area contributed by atoms with Gasteiger partial charge in [-0.15, -0.1) is 0 Å². The summed E-state index contributed by atoms with van der Waals surface area (Å²) in [5.41, 5.74) is 16.2. The summed E-state index contributed by atoms with van der Waals surface area (Å²) in [6.45, 7) is 1.03. The predicted octanol–water partition coefficient (Wildman–Crippen LogP) is 6.18. The van der Waals surface area contributed by atoms with Gasteiger partial charge >= 0.3 is 0 Å². The summed E-state index contributed by atoms with van der Waals surface area (Å²) in [4.78, 5) is 0.